The Hall–Kier alpha value is -6.79. The van der Waals surface area contributed by atoms with Gasteiger partial charge in [-0.2, -0.15) is 0 Å². The number of para-hydroxylation sites is 1. The molecule has 0 N–H and O–H groups in total. The van der Waals surface area contributed by atoms with E-state index < -0.39 is 13.5 Å². The van der Waals surface area contributed by atoms with Crippen LogP contribution in [-0.2, 0) is 16.2 Å². The first-order chi connectivity index (χ1) is 32.0. The van der Waals surface area contributed by atoms with E-state index in [2.05, 4.69) is 217 Å². The summed E-state index contributed by atoms with van der Waals surface area (Å²) in [4.78, 5) is 13.2. The Kier molecular flexibility index (Phi) is 8.31. The van der Waals surface area contributed by atoms with Gasteiger partial charge < -0.3 is 4.74 Å². The summed E-state index contributed by atoms with van der Waals surface area (Å²) in [5.74, 6) is 2.68. The number of benzene rings is 8. The normalized spacial score (nSPS) is 16.6. The number of nitrogens with zero attached hydrogens (tertiary/aromatic N) is 2. The second-order valence-corrected chi connectivity index (χ2v) is 25.4. The van der Waals surface area contributed by atoms with Crippen LogP contribution in [-0.4, -0.2) is 18.0 Å². The first kappa shape index (κ1) is 39.6. The number of rotatable bonds is 4. The predicted octanol–water partition coefficient (Wildman–Crippen LogP) is 14.2. The maximum Gasteiger partial charge on any atom is 0.159 e. The molecular formula is C61H48N2OSSi. The highest BCUT2D eigenvalue weighted by molar-refractivity contribution is 7.99. The van der Waals surface area contributed by atoms with Gasteiger partial charge in [0, 0.05) is 49.1 Å². The van der Waals surface area contributed by atoms with Crippen molar-refractivity contribution in [3.05, 3.63) is 227 Å². The van der Waals surface area contributed by atoms with Crippen LogP contribution in [0.25, 0.3) is 44.9 Å². The molecule has 5 heteroatoms. The van der Waals surface area contributed by atoms with Crippen molar-refractivity contribution in [1.29, 1.82) is 0 Å². The van der Waals surface area contributed by atoms with Crippen LogP contribution in [0.2, 0.25) is 13.1 Å². The number of hydrogen-bond donors (Lipinski definition) is 0. The van der Waals surface area contributed by atoms with Crippen molar-refractivity contribution in [3.63, 3.8) is 0 Å². The third-order valence-corrected chi connectivity index (χ3v) is 20.3. The third kappa shape index (κ3) is 5.21. The van der Waals surface area contributed by atoms with Gasteiger partial charge >= 0.3 is 0 Å². The zero-order valence-electron chi connectivity index (χ0n) is 38.0. The zero-order valence-corrected chi connectivity index (χ0v) is 39.8. The fraction of sp³-hybridized carbons (Fsp3) is 0.148. The monoisotopic (exact) mass is 884 g/mol. The van der Waals surface area contributed by atoms with Gasteiger partial charge in [0.05, 0.1) is 11.1 Å². The van der Waals surface area contributed by atoms with Crippen LogP contribution < -0.4 is 15.1 Å². The molecule has 3 heterocycles. The van der Waals surface area contributed by atoms with Gasteiger partial charge in [0.25, 0.3) is 0 Å². The van der Waals surface area contributed by atoms with Crippen LogP contribution in [0.15, 0.2) is 192 Å². The summed E-state index contributed by atoms with van der Waals surface area (Å²) in [6.45, 7) is 14.4. The molecule has 4 aliphatic rings. The Morgan fingerprint density at radius 3 is 1.89 bits per heavy atom. The lowest BCUT2D eigenvalue weighted by Gasteiger charge is -2.37. The van der Waals surface area contributed by atoms with E-state index in [1.54, 1.807) is 0 Å². The van der Waals surface area contributed by atoms with Crippen LogP contribution >= 0.6 is 11.8 Å². The first-order valence-electron chi connectivity index (χ1n) is 23.1. The van der Waals surface area contributed by atoms with E-state index in [0.29, 0.717) is 5.82 Å². The molecule has 0 bridgehead atoms. The molecule has 0 radical (unpaired) electrons. The zero-order chi connectivity index (χ0) is 44.7. The van der Waals surface area contributed by atoms with Gasteiger partial charge in [-0.05, 0) is 84.2 Å². The highest BCUT2D eigenvalue weighted by Gasteiger charge is 2.50. The summed E-state index contributed by atoms with van der Waals surface area (Å²) < 4.78 is 7.10. The largest absolute Gasteiger partial charge is 0.457 e. The Morgan fingerprint density at radius 2 is 1.11 bits per heavy atom. The molecule has 0 saturated carbocycles. The Labute approximate surface area is 392 Å². The second-order valence-electron chi connectivity index (χ2n) is 20.0. The van der Waals surface area contributed by atoms with Crippen LogP contribution in [0.4, 0.5) is 0 Å². The summed E-state index contributed by atoms with van der Waals surface area (Å²) in [7, 11) is -2.12. The van der Waals surface area contributed by atoms with Crippen molar-refractivity contribution in [3.8, 4) is 56.4 Å². The van der Waals surface area contributed by atoms with Crippen LogP contribution in [0.1, 0.15) is 72.2 Å². The summed E-state index contributed by atoms with van der Waals surface area (Å²) in [5.41, 5.74) is 17.6. The number of hydrogen-bond acceptors (Lipinski definition) is 4. The minimum absolute atomic E-state index is 0.0705. The van der Waals surface area contributed by atoms with Gasteiger partial charge in [-0.3, -0.25) is 0 Å². The van der Waals surface area contributed by atoms with Gasteiger partial charge in [-0.15, -0.1) is 0 Å². The van der Waals surface area contributed by atoms with Crippen LogP contribution in [0, 0.1) is 0 Å². The molecule has 0 saturated heterocycles. The van der Waals surface area contributed by atoms with E-state index >= 15 is 0 Å². The van der Waals surface area contributed by atoms with E-state index in [-0.39, 0.29) is 10.8 Å². The summed E-state index contributed by atoms with van der Waals surface area (Å²) in [6, 6.07) is 65.0. The molecule has 1 aromatic heterocycles. The molecule has 66 heavy (non-hydrogen) atoms. The van der Waals surface area contributed by atoms with E-state index in [0.717, 1.165) is 28.3 Å². The minimum atomic E-state index is -2.12. The average molecular weight is 885 g/mol. The quantitative estimate of drug-likeness (QED) is 0.165. The van der Waals surface area contributed by atoms with Crippen molar-refractivity contribution in [1.82, 2.24) is 9.97 Å². The SMILES string of the molecule is CC1(C)c2cccc(-c3ccnc(-c4ccc5c(c4)C(c4ccccc4)(c4ccccc4)c4ccc6c(c4-5)Oc4ccccc4[Si]6(C)C)n3)c2Sc2c1ccc1c2-c2ccccc2C1(C)C. The van der Waals surface area contributed by atoms with Gasteiger partial charge in [0.1, 0.15) is 19.6 Å². The second kappa shape index (κ2) is 13.9. The molecule has 8 aromatic carbocycles. The lowest BCUT2D eigenvalue weighted by atomic mass is 9.67. The summed E-state index contributed by atoms with van der Waals surface area (Å²) >= 11 is 1.92. The molecule has 0 unspecified atom stereocenters. The van der Waals surface area contributed by atoms with E-state index in [1.807, 2.05) is 18.0 Å². The number of aromatic nitrogens is 2. The van der Waals surface area contributed by atoms with E-state index in [4.69, 9.17) is 14.7 Å². The van der Waals surface area contributed by atoms with Crippen molar-refractivity contribution in [2.45, 2.75) is 66.8 Å². The lowest BCUT2D eigenvalue weighted by Crippen LogP contribution is -2.56. The standard InChI is InChI=1S/C61H48N2OSSi/c1-59(2)43-24-14-13-22-40(43)54-44(59)30-31-47-57(54)65-56-42(23-17-25-46(56)60(47,3)4)49-34-35-62-58(63-49)37-28-29-41-48(36-37)61(38-18-9-7-10-19-38,39-20-11-8-12-21-39)45-32-33-52-55(53(41)45)64-50-26-15-16-27-51(50)66(52,5)6/h7-36H,1-6H3. The summed E-state index contributed by atoms with van der Waals surface area (Å²) in [5, 5.41) is 2.67. The molecule has 0 spiro atoms. The van der Waals surface area contributed by atoms with Gasteiger partial charge in [0.15, 0.2) is 5.82 Å². The maximum atomic E-state index is 7.10. The Bertz CT molecular complexity index is 3480. The molecule has 0 fully saturated rings. The topological polar surface area (TPSA) is 35.0 Å². The maximum absolute atomic E-state index is 7.10. The van der Waals surface area contributed by atoms with Crippen molar-refractivity contribution in [2.75, 3.05) is 0 Å². The summed E-state index contributed by atoms with van der Waals surface area (Å²) in [6.07, 6.45) is 1.94. The van der Waals surface area contributed by atoms with Crippen LogP contribution in [0.5, 0.6) is 11.5 Å². The van der Waals surface area contributed by atoms with Crippen LogP contribution in [0.3, 0.4) is 0 Å². The predicted molar refractivity (Wildman–Crippen MR) is 274 cm³/mol. The van der Waals surface area contributed by atoms with E-state index in [1.165, 1.54) is 86.9 Å². The van der Waals surface area contributed by atoms with Crippen molar-refractivity contribution in [2.24, 2.45) is 0 Å². The Balaban J connectivity index is 0.994. The van der Waals surface area contributed by atoms with Gasteiger partial charge in [0.2, 0.25) is 0 Å². The molecule has 2 aliphatic heterocycles. The van der Waals surface area contributed by atoms with Gasteiger partial charge in [-0.1, -0.05) is 210 Å². The molecule has 13 rings (SSSR count). The first-order valence-corrected chi connectivity index (χ1v) is 27.0. The average Bonchev–Trinajstić information content (AvgIpc) is 3.78. The molecular weight excluding hydrogens is 837 g/mol. The molecule has 0 amide bonds. The van der Waals surface area contributed by atoms with E-state index in [9.17, 15) is 0 Å². The molecule has 2 aliphatic carbocycles. The lowest BCUT2D eigenvalue weighted by molar-refractivity contribution is 0.488. The third-order valence-electron chi connectivity index (χ3n) is 15.6. The fourth-order valence-electron chi connectivity index (χ4n) is 12.2. The minimum Gasteiger partial charge on any atom is -0.457 e. The van der Waals surface area contributed by atoms with Crippen molar-refractivity contribution >= 4 is 30.2 Å². The highest BCUT2D eigenvalue weighted by atomic mass is 32.2. The molecule has 0 atom stereocenters. The molecule has 9 aromatic rings. The molecule has 318 valence electrons. The molecule has 3 nitrogen and oxygen atoms in total. The van der Waals surface area contributed by atoms with Crippen molar-refractivity contribution < 1.29 is 4.74 Å². The highest BCUT2D eigenvalue weighted by Crippen LogP contribution is 2.61. The number of fused-ring (bicyclic) bond motifs is 12. The van der Waals surface area contributed by atoms with Gasteiger partial charge in [-0.25, -0.2) is 9.97 Å². The Morgan fingerprint density at radius 1 is 0.485 bits per heavy atom. The number of ether oxygens (including phenoxy) is 1. The smallest absolute Gasteiger partial charge is 0.159 e. The fourth-order valence-corrected chi connectivity index (χ4v) is 16.7.